The van der Waals surface area contributed by atoms with Crippen molar-refractivity contribution >= 4 is 44.8 Å². The molecule has 0 bridgehead atoms. The van der Waals surface area contributed by atoms with Crippen LogP contribution in [-0.2, 0) is 14.4 Å². The van der Waals surface area contributed by atoms with E-state index in [-0.39, 0.29) is 38.9 Å². The van der Waals surface area contributed by atoms with Gasteiger partial charge in [-0.3, -0.25) is 9.59 Å². The molecule has 0 aromatic rings. The third kappa shape index (κ3) is 4.52. The Bertz CT molecular complexity index is 677. The van der Waals surface area contributed by atoms with Gasteiger partial charge in [-0.1, -0.05) is 0 Å². The molecule has 0 spiro atoms. The van der Waals surface area contributed by atoms with Gasteiger partial charge in [0.25, 0.3) is 0 Å². The zero-order valence-corrected chi connectivity index (χ0v) is 17.5. The van der Waals surface area contributed by atoms with Crippen LogP contribution >= 0.6 is 0 Å². The zero-order valence-electron chi connectivity index (χ0n) is 13.0. The first-order valence-corrected chi connectivity index (χ1v) is 7.28. The predicted molar refractivity (Wildman–Crippen MR) is 76.7 cm³/mol. The minimum absolute atomic E-state index is 0. The fourth-order valence-corrected chi connectivity index (χ4v) is 2.28. The van der Waals surface area contributed by atoms with E-state index in [0.29, 0.717) is 17.1 Å². The first kappa shape index (κ1) is 19.7. The molecule has 25 heavy (non-hydrogen) atoms. The second-order valence-corrected chi connectivity index (χ2v) is 5.67. The minimum Gasteiger partial charge on any atom is -0.542 e. The summed E-state index contributed by atoms with van der Waals surface area (Å²) in [5.74, 6) is -2.96. The van der Waals surface area contributed by atoms with E-state index >= 15 is 0 Å². The van der Waals surface area contributed by atoms with Crippen molar-refractivity contribution in [2.45, 2.75) is 6.18 Å². The molecule has 11 heteroatoms. The van der Waals surface area contributed by atoms with Gasteiger partial charge in [-0.25, -0.2) is 0 Å². The molecule has 0 radical (unpaired) electrons. The van der Waals surface area contributed by atoms with Gasteiger partial charge in [0.15, 0.2) is 0 Å². The van der Waals surface area contributed by atoms with Crippen LogP contribution in [0, 0.1) is 0 Å². The Hall–Kier alpha value is -1.60. The van der Waals surface area contributed by atoms with Crippen LogP contribution in [0.4, 0.5) is 13.2 Å². The fourth-order valence-electron chi connectivity index (χ4n) is 2.28. The molecular weight excluding hydrogens is 536 g/mol. The Morgan fingerprint density at radius 2 is 1.32 bits per heavy atom. The van der Waals surface area contributed by atoms with Crippen LogP contribution in [0.3, 0.4) is 0 Å². The van der Waals surface area contributed by atoms with E-state index in [0.717, 1.165) is 39.3 Å². The van der Waals surface area contributed by atoms with Gasteiger partial charge < -0.3 is 24.6 Å². The normalized spacial score (nSPS) is 21.2. The Balaban J connectivity index is 0.000000246. The molecule has 4 rings (SSSR count). The third-order valence-electron chi connectivity index (χ3n) is 3.72. The summed E-state index contributed by atoms with van der Waals surface area (Å²) in [5.41, 5.74) is 1.89. The van der Waals surface area contributed by atoms with Gasteiger partial charge in [-0.15, -0.1) is 0 Å². The number of alkyl halides is 3. The number of hydrogen-bond acceptors (Lipinski definition) is 7. The molecule has 3 aliphatic heterocycles. The number of nitrogens with zero attached hydrogens (tertiary/aromatic N) is 3. The van der Waals surface area contributed by atoms with Crippen LogP contribution < -0.4 is 5.11 Å². The van der Waals surface area contributed by atoms with Gasteiger partial charge >= 0.3 is 33.5 Å². The van der Waals surface area contributed by atoms with Crippen LogP contribution in [0.25, 0.3) is 0 Å². The maximum atomic E-state index is 12.4. The summed E-state index contributed by atoms with van der Waals surface area (Å²) in [7, 11) is 0. The van der Waals surface area contributed by atoms with Crippen molar-refractivity contribution in [1.29, 1.82) is 0 Å². The Kier molecular flexibility index (Phi) is 5.49. The maximum absolute atomic E-state index is 12.4. The molecule has 0 aromatic carbocycles. The number of carbonyl (C=O) groups is 3. The van der Waals surface area contributed by atoms with Gasteiger partial charge in [0.2, 0.25) is 11.6 Å². The van der Waals surface area contributed by atoms with E-state index in [1.165, 1.54) is 6.08 Å². The molecule has 3 heterocycles. The maximum Gasteiger partial charge on any atom is 1.00 e. The van der Waals surface area contributed by atoms with Crippen molar-refractivity contribution in [3.05, 3.63) is 23.2 Å². The SMILES string of the molecule is O=C([O-])C(F)(F)F.O=C1C=C(N2CC2)C(=O)C(N2CC2)=C1N1CC1.[Tl+]. The molecular formula is C14H13F3N3O4Tl. The molecule has 0 amide bonds. The molecule has 3 saturated heterocycles. The van der Waals surface area contributed by atoms with Crippen LogP contribution in [0.5, 0.6) is 0 Å². The van der Waals surface area contributed by atoms with Crippen LogP contribution in [0.1, 0.15) is 0 Å². The fraction of sp³-hybridized carbons (Fsp3) is 0.500. The summed E-state index contributed by atoms with van der Waals surface area (Å²) in [4.78, 5) is 39.3. The molecule has 1 aliphatic carbocycles. The first-order valence-electron chi connectivity index (χ1n) is 7.28. The van der Waals surface area contributed by atoms with E-state index in [1.807, 2.05) is 14.7 Å². The second-order valence-electron chi connectivity index (χ2n) is 5.67. The number of carbonyl (C=O) groups excluding carboxylic acids is 3. The van der Waals surface area contributed by atoms with Gasteiger partial charge in [-0.2, -0.15) is 13.2 Å². The number of carboxylic acids is 1. The van der Waals surface area contributed by atoms with E-state index in [1.54, 1.807) is 0 Å². The molecule has 0 unspecified atom stereocenters. The van der Waals surface area contributed by atoms with E-state index in [9.17, 15) is 22.8 Å². The summed E-state index contributed by atoms with van der Waals surface area (Å²) < 4.78 is 31.5. The molecule has 4 aliphatic rings. The van der Waals surface area contributed by atoms with Crippen LogP contribution in [0.15, 0.2) is 23.2 Å². The van der Waals surface area contributed by atoms with Crippen molar-refractivity contribution in [2.75, 3.05) is 39.3 Å². The molecule has 0 saturated carbocycles. The van der Waals surface area contributed by atoms with E-state index < -0.39 is 12.1 Å². The van der Waals surface area contributed by atoms with Crippen molar-refractivity contribution in [1.82, 2.24) is 14.7 Å². The number of aliphatic carboxylic acids is 1. The largest absolute Gasteiger partial charge is 1.00 e. The van der Waals surface area contributed by atoms with Gasteiger partial charge in [0.05, 0.1) is 5.70 Å². The number of halogens is 3. The smallest absolute Gasteiger partial charge is 0.542 e. The summed E-state index contributed by atoms with van der Waals surface area (Å²) in [6.45, 7) is 5.41. The molecule has 0 aromatic heterocycles. The first-order chi connectivity index (χ1) is 11.2. The van der Waals surface area contributed by atoms with Gasteiger partial charge in [0.1, 0.15) is 17.4 Å². The third-order valence-corrected chi connectivity index (χ3v) is 3.72. The summed E-state index contributed by atoms with van der Waals surface area (Å²) >= 11 is 0. The van der Waals surface area contributed by atoms with Crippen LogP contribution in [-0.4, -0.2) is 105 Å². The number of ketones is 2. The Morgan fingerprint density at radius 1 is 0.920 bits per heavy atom. The molecule has 0 N–H and O–H groups in total. The summed E-state index contributed by atoms with van der Waals surface area (Å²) in [6, 6.07) is 0. The molecule has 132 valence electrons. The zero-order chi connectivity index (χ0) is 17.6. The van der Waals surface area contributed by atoms with Crippen molar-refractivity contribution in [3.63, 3.8) is 0 Å². The molecule has 7 nitrogen and oxygen atoms in total. The molecule has 0 atom stereocenters. The standard InChI is InChI=1S/C12H13N3O2.C2HF3O2.Tl/c16-9-7-8(13-1-2-13)12(17)11(15-5-6-15)10(9)14-3-4-14;3-2(4,5)1(6)7;/h7H,1-6H2;(H,6,7);/q;;+1/p-1. The van der Waals surface area contributed by atoms with E-state index in [4.69, 9.17) is 9.90 Å². The average molecular weight is 549 g/mol. The quantitative estimate of drug-likeness (QED) is 0.232. The van der Waals surface area contributed by atoms with E-state index in [2.05, 4.69) is 0 Å². The monoisotopic (exact) mass is 549 g/mol. The number of carboxylic acid groups (broad SMARTS) is 1. The second kappa shape index (κ2) is 6.96. The minimum atomic E-state index is -5.19. The van der Waals surface area contributed by atoms with Crippen molar-refractivity contribution < 1.29 is 32.7 Å². The van der Waals surface area contributed by atoms with Gasteiger partial charge in [-0.05, 0) is 0 Å². The number of Topliss-reactive ketones (excluding diaryl/α,β-unsaturated/α-hetero) is 1. The van der Waals surface area contributed by atoms with Crippen LogP contribution in [0.2, 0.25) is 0 Å². The average Bonchev–Trinajstić information content (AvgIpc) is 3.36. The number of rotatable bonds is 3. The van der Waals surface area contributed by atoms with Crippen molar-refractivity contribution in [2.24, 2.45) is 0 Å². The van der Waals surface area contributed by atoms with Crippen molar-refractivity contribution in [3.8, 4) is 0 Å². The summed E-state index contributed by atoms with van der Waals surface area (Å²) in [6.07, 6.45) is -3.67. The number of hydrogen-bond donors (Lipinski definition) is 0. The topological polar surface area (TPSA) is 83.3 Å². The Morgan fingerprint density at radius 3 is 1.68 bits per heavy atom. The number of allylic oxidation sites excluding steroid dienone is 1. The summed E-state index contributed by atoms with van der Waals surface area (Å²) in [5, 5.41) is 8.78. The predicted octanol–water partition coefficient (Wildman–Crippen LogP) is -1.90. The molecule has 3 fully saturated rings. The van der Waals surface area contributed by atoms with Gasteiger partial charge in [0, 0.05) is 45.3 Å². The Labute approximate surface area is 160 Å².